The number of aromatic nitrogens is 1. The number of hydrazone groups is 1. The van der Waals surface area contributed by atoms with Crippen molar-refractivity contribution in [3.05, 3.63) is 117 Å². The normalized spacial score (nSPS) is 11.5. The molecule has 0 unspecified atom stereocenters. The van der Waals surface area contributed by atoms with Crippen LogP contribution in [-0.2, 0) is 4.79 Å². The summed E-state index contributed by atoms with van der Waals surface area (Å²) in [6.07, 6.45) is 2.96. The van der Waals surface area contributed by atoms with E-state index in [1.165, 1.54) is 18.3 Å². The largest absolute Gasteiger partial charge is 0.358 e. The molecule has 0 atom stereocenters. The zero-order valence-electron chi connectivity index (χ0n) is 18.7. The SMILES string of the molecule is Cc1[nH]c2ccc([N+](=O)[O-])cc2c1C=NNC(=O)/C(=C/c1ccccc1)NC(=O)c1ccccc1. The van der Waals surface area contributed by atoms with E-state index < -0.39 is 16.7 Å². The number of fused-ring (bicyclic) bond motifs is 1. The second kappa shape index (κ2) is 10.3. The third-order valence-electron chi connectivity index (χ3n) is 5.23. The van der Waals surface area contributed by atoms with E-state index in [4.69, 9.17) is 0 Å². The van der Waals surface area contributed by atoms with Crippen LogP contribution in [0.15, 0.2) is 89.7 Å². The van der Waals surface area contributed by atoms with Crippen LogP contribution in [0.3, 0.4) is 0 Å². The quantitative estimate of drug-likeness (QED) is 0.162. The van der Waals surface area contributed by atoms with E-state index in [-0.39, 0.29) is 11.4 Å². The number of nitro benzene ring substituents is 1. The maximum atomic E-state index is 12.9. The molecule has 0 spiro atoms. The molecule has 0 aliphatic carbocycles. The predicted octanol–water partition coefficient (Wildman–Crippen LogP) is 4.31. The fourth-order valence-electron chi connectivity index (χ4n) is 3.49. The Morgan fingerprint density at radius 2 is 1.69 bits per heavy atom. The summed E-state index contributed by atoms with van der Waals surface area (Å²) < 4.78 is 0. The van der Waals surface area contributed by atoms with Gasteiger partial charge in [0.2, 0.25) is 0 Å². The Morgan fingerprint density at radius 1 is 1.00 bits per heavy atom. The van der Waals surface area contributed by atoms with Gasteiger partial charge in [-0.15, -0.1) is 0 Å². The first kappa shape index (κ1) is 23.1. The number of rotatable bonds is 7. The lowest BCUT2D eigenvalue weighted by Gasteiger charge is -2.09. The molecule has 9 nitrogen and oxygen atoms in total. The third kappa shape index (κ3) is 5.48. The number of nitrogens with one attached hydrogen (secondary N) is 3. The topological polar surface area (TPSA) is 129 Å². The van der Waals surface area contributed by atoms with Crippen LogP contribution < -0.4 is 10.7 Å². The van der Waals surface area contributed by atoms with Crippen molar-refractivity contribution >= 4 is 40.7 Å². The number of carbonyl (C=O) groups is 2. The molecule has 3 aromatic carbocycles. The van der Waals surface area contributed by atoms with E-state index in [2.05, 4.69) is 20.8 Å². The van der Waals surface area contributed by atoms with Crippen molar-refractivity contribution in [2.75, 3.05) is 0 Å². The van der Waals surface area contributed by atoms with Crippen molar-refractivity contribution in [3.63, 3.8) is 0 Å². The molecular weight excluding hydrogens is 446 g/mol. The van der Waals surface area contributed by atoms with Crippen LogP contribution in [0.4, 0.5) is 5.69 Å². The van der Waals surface area contributed by atoms with E-state index in [1.54, 1.807) is 61.5 Å². The number of amides is 2. The van der Waals surface area contributed by atoms with Gasteiger partial charge in [0.25, 0.3) is 17.5 Å². The Hall–Kier alpha value is -5.05. The van der Waals surface area contributed by atoms with Crippen LogP contribution in [-0.4, -0.2) is 27.9 Å². The average Bonchev–Trinajstić information content (AvgIpc) is 3.18. The average molecular weight is 467 g/mol. The standard InChI is InChI=1S/C26H21N5O4/c1-17-22(21-15-20(31(34)35)12-13-23(21)28-17)16-27-30-26(33)24(14-18-8-4-2-5-9-18)29-25(32)19-10-6-3-7-11-19/h2-16,28H,1H3,(H,29,32)(H,30,33)/b24-14-,27-16?. The van der Waals surface area contributed by atoms with Gasteiger partial charge in [0, 0.05) is 39.9 Å². The molecule has 0 aliphatic rings. The highest BCUT2D eigenvalue weighted by molar-refractivity contribution is 6.06. The number of hydrogen-bond acceptors (Lipinski definition) is 5. The maximum Gasteiger partial charge on any atom is 0.287 e. The minimum Gasteiger partial charge on any atom is -0.358 e. The number of nitro groups is 1. The number of aryl methyl sites for hydroxylation is 1. The number of aromatic amines is 1. The number of non-ortho nitro benzene ring substituents is 1. The molecule has 35 heavy (non-hydrogen) atoms. The van der Waals surface area contributed by atoms with E-state index in [9.17, 15) is 19.7 Å². The van der Waals surface area contributed by atoms with Gasteiger partial charge in [-0.2, -0.15) is 5.10 Å². The van der Waals surface area contributed by atoms with Gasteiger partial charge in [0.15, 0.2) is 0 Å². The molecule has 0 saturated heterocycles. The molecule has 0 saturated carbocycles. The molecule has 4 aromatic rings. The van der Waals surface area contributed by atoms with Crippen molar-refractivity contribution in [2.45, 2.75) is 6.92 Å². The highest BCUT2D eigenvalue weighted by Crippen LogP contribution is 2.25. The lowest BCUT2D eigenvalue weighted by atomic mass is 10.1. The Bertz CT molecular complexity index is 1460. The molecule has 1 heterocycles. The molecule has 0 bridgehead atoms. The summed E-state index contributed by atoms with van der Waals surface area (Å²) in [5.41, 5.74) is 5.55. The molecular formula is C26H21N5O4. The second-order valence-electron chi connectivity index (χ2n) is 7.64. The number of hydrogen-bond donors (Lipinski definition) is 3. The summed E-state index contributed by atoms with van der Waals surface area (Å²) in [5.74, 6) is -1.07. The lowest BCUT2D eigenvalue weighted by molar-refractivity contribution is -0.384. The smallest absolute Gasteiger partial charge is 0.287 e. The molecule has 3 N–H and O–H groups in total. The van der Waals surface area contributed by atoms with E-state index >= 15 is 0 Å². The van der Waals surface area contributed by atoms with Gasteiger partial charge in [-0.05, 0) is 36.8 Å². The zero-order valence-corrected chi connectivity index (χ0v) is 18.7. The molecule has 0 fully saturated rings. The molecule has 1 aromatic heterocycles. The summed E-state index contributed by atoms with van der Waals surface area (Å²) in [4.78, 5) is 39.4. The first-order valence-corrected chi connectivity index (χ1v) is 10.7. The number of nitrogens with zero attached hydrogens (tertiary/aromatic N) is 2. The number of carbonyl (C=O) groups excluding carboxylic acids is 2. The Morgan fingerprint density at radius 3 is 2.37 bits per heavy atom. The van der Waals surface area contributed by atoms with Gasteiger partial charge in [0.1, 0.15) is 5.70 Å². The van der Waals surface area contributed by atoms with Crippen LogP contribution in [0.5, 0.6) is 0 Å². The van der Waals surface area contributed by atoms with Gasteiger partial charge in [-0.3, -0.25) is 19.7 Å². The van der Waals surface area contributed by atoms with Crippen molar-refractivity contribution < 1.29 is 14.5 Å². The molecule has 174 valence electrons. The predicted molar refractivity (Wildman–Crippen MR) is 134 cm³/mol. The minimum absolute atomic E-state index is 0.00786. The van der Waals surface area contributed by atoms with E-state index in [1.807, 2.05) is 18.2 Å². The van der Waals surface area contributed by atoms with E-state index in [0.717, 1.165) is 11.3 Å². The fraction of sp³-hybridized carbons (Fsp3) is 0.0385. The zero-order chi connectivity index (χ0) is 24.8. The van der Waals surface area contributed by atoms with Crippen LogP contribution in [0.2, 0.25) is 0 Å². The summed E-state index contributed by atoms with van der Waals surface area (Å²) >= 11 is 0. The summed E-state index contributed by atoms with van der Waals surface area (Å²) in [7, 11) is 0. The highest BCUT2D eigenvalue weighted by Gasteiger charge is 2.15. The molecule has 4 rings (SSSR count). The Kier molecular flexibility index (Phi) is 6.78. The monoisotopic (exact) mass is 467 g/mol. The maximum absolute atomic E-state index is 12.9. The Labute approximate surface area is 200 Å². The van der Waals surface area contributed by atoms with Gasteiger partial charge in [0.05, 0.1) is 11.1 Å². The van der Waals surface area contributed by atoms with Crippen molar-refractivity contribution in [1.82, 2.24) is 15.7 Å². The van der Waals surface area contributed by atoms with Crippen molar-refractivity contribution in [2.24, 2.45) is 5.10 Å². The summed E-state index contributed by atoms with van der Waals surface area (Å²) in [5, 5.41) is 18.4. The van der Waals surface area contributed by atoms with Crippen LogP contribution in [0, 0.1) is 17.0 Å². The summed E-state index contributed by atoms with van der Waals surface area (Å²) in [6.45, 7) is 1.80. The van der Waals surface area contributed by atoms with Crippen molar-refractivity contribution in [1.29, 1.82) is 0 Å². The molecule has 0 aliphatic heterocycles. The van der Waals surface area contributed by atoms with Gasteiger partial charge in [-0.25, -0.2) is 5.43 Å². The lowest BCUT2D eigenvalue weighted by Crippen LogP contribution is -2.32. The first-order chi connectivity index (χ1) is 16.9. The fourth-order valence-corrected chi connectivity index (χ4v) is 3.49. The molecule has 9 heteroatoms. The van der Waals surface area contributed by atoms with Gasteiger partial charge >= 0.3 is 0 Å². The van der Waals surface area contributed by atoms with Crippen LogP contribution >= 0.6 is 0 Å². The Balaban J connectivity index is 1.58. The minimum atomic E-state index is -0.627. The van der Waals surface area contributed by atoms with Crippen LogP contribution in [0.1, 0.15) is 27.2 Å². The van der Waals surface area contributed by atoms with Gasteiger partial charge in [-0.1, -0.05) is 48.5 Å². The highest BCUT2D eigenvalue weighted by atomic mass is 16.6. The molecule has 2 amide bonds. The van der Waals surface area contributed by atoms with Crippen molar-refractivity contribution in [3.8, 4) is 0 Å². The summed E-state index contributed by atoms with van der Waals surface area (Å²) in [6, 6.07) is 22.1. The number of benzene rings is 3. The third-order valence-corrected chi connectivity index (χ3v) is 5.23. The van der Waals surface area contributed by atoms with Gasteiger partial charge < -0.3 is 10.3 Å². The first-order valence-electron chi connectivity index (χ1n) is 10.7. The van der Waals surface area contributed by atoms with Crippen LogP contribution in [0.25, 0.3) is 17.0 Å². The number of H-pyrrole nitrogens is 1. The molecule has 0 radical (unpaired) electrons. The van der Waals surface area contributed by atoms with E-state index in [0.29, 0.717) is 22.0 Å². The second-order valence-corrected chi connectivity index (χ2v) is 7.64.